The van der Waals surface area contributed by atoms with Crippen molar-refractivity contribution >= 4 is 21.5 Å². The van der Waals surface area contributed by atoms with Crippen molar-refractivity contribution in [1.82, 2.24) is 4.70 Å². The number of rotatable bonds is 3. The average Bonchev–Trinajstić information content (AvgIpc) is 2.39. The normalized spacial score (nSPS) is 12.4. The van der Waals surface area contributed by atoms with Crippen molar-refractivity contribution < 1.29 is 13.0 Å². The maximum Gasteiger partial charge on any atom is 0.300 e. The molecule has 100 valence electrons. The van der Waals surface area contributed by atoms with Gasteiger partial charge in [-0.2, -0.15) is 20.1 Å². The minimum Gasteiger partial charge on any atom is -0.282 e. The third kappa shape index (κ3) is 2.65. The fourth-order valence-electron chi connectivity index (χ4n) is 1.79. The Morgan fingerprint density at radius 1 is 0.895 bits per heavy atom. The molecule has 2 aromatic rings. The van der Waals surface area contributed by atoms with E-state index in [1.807, 2.05) is 0 Å². The van der Waals surface area contributed by atoms with Gasteiger partial charge in [0.25, 0.3) is 0 Å². The highest BCUT2D eigenvalue weighted by molar-refractivity contribution is 7.86. The molecule has 0 bridgehead atoms. The van der Waals surface area contributed by atoms with Crippen LogP contribution in [0.25, 0.3) is 0 Å². The zero-order valence-corrected chi connectivity index (χ0v) is 10.8. The number of hydrogen-bond acceptors (Lipinski definition) is 4. The summed E-state index contributed by atoms with van der Waals surface area (Å²) in [7, 11) is -4.40. The third-order valence-electron chi connectivity index (χ3n) is 2.73. The molecule has 0 aliphatic rings. The summed E-state index contributed by atoms with van der Waals surface area (Å²) in [4.78, 5) is -0.316. The number of hydrogen-bond donors (Lipinski definition) is 3. The van der Waals surface area contributed by atoms with Crippen molar-refractivity contribution in [2.75, 3.05) is 0 Å². The van der Waals surface area contributed by atoms with E-state index >= 15 is 0 Å². The molecule has 7 heteroatoms. The van der Waals surface area contributed by atoms with Crippen molar-refractivity contribution in [3.63, 3.8) is 0 Å². The van der Waals surface area contributed by atoms with Gasteiger partial charge in [0, 0.05) is 18.2 Å². The maximum atomic E-state index is 11.4. The molecule has 0 saturated heterocycles. The van der Waals surface area contributed by atoms with E-state index in [2.05, 4.69) is 0 Å². The fraction of sp³-hybridized carbons (Fsp3) is 0. The Bertz CT molecular complexity index is 684. The molecule has 5 N–H and O–H groups in total. The average molecular weight is 280 g/mol. The summed E-state index contributed by atoms with van der Waals surface area (Å²) in [5.41, 5.74) is 0.565. The minimum atomic E-state index is -4.40. The molecule has 0 amide bonds. The Morgan fingerprint density at radius 2 is 1.42 bits per heavy atom. The maximum absolute atomic E-state index is 11.4. The summed E-state index contributed by atoms with van der Waals surface area (Å²) in [6, 6.07) is 14.4. The Labute approximate surface area is 111 Å². The van der Waals surface area contributed by atoms with Crippen molar-refractivity contribution in [1.29, 1.82) is 0 Å². The lowest BCUT2D eigenvalue weighted by Gasteiger charge is -2.26. The Balaban J connectivity index is 2.66. The summed E-state index contributed by atoms with van der Waals surface area (Å²) in [5, 5.41) is 0. The van der Waals surface area contributed by atoms with E-state index in [0.29, 0.717) is 5.69 Å². The molecule has 0 unspecified atom stereocenters. The van der Waals surface area contributed by atoms with Crippen LogP contribution in [0.1, 0.15) is 0 Å². The van der Waals surface area contributed by atoms with E-state index < -0.39 is 14.8 Å². The van der Waals surface area contributed by atoms with Crippen LogP contribution in [-0.2, 0) is 10.1 Å². The molecule has 0 aromatic heterocycles. The van der Waals surface area contributed by atoms with Gasteiger partial charge < -0.3 is 0 Å². The molecule has 0 atom stereocenters. The van der Waals surface area contributed by atoms with Crippen LogP contribution in [0.3, 0.4) is 0 Å². The van der Waals surface area contributed by atoms with Gasteiger partial charge in [-0.3, -0.25) is 4.55 Å². The Morgan fingerprint density at radius 3 is 2.00 bits per heavy atom. The van der Waals surface area contributed by atoms with E-state index in [-0.39, 0.29) is 10.6 Å². The molecule has 6 nitrogen and oxygen atoms in total. The molecular formula is C12H14N3O3S+. The molecule has 2 rings (SSSR count). The van der Waals surface area contributed by atoms with Gasteiger partial charge in [-0.05, 0) is 6.07 Å². The largest absolute Gasteiger partial charge is 0.300 e. The van der Waals surface area contributed by atoms with E-state index in [1.165, 1.54) is 18.2 Å². The van der Waals surface area contributed by atoms with Gasteiger partial charge in [-0.25, -0.2) is 0 Å². The number of quaternary nitrogens is 1. The van der Waals surface area contributed by atoms with E-state index in [4.69, 9.17) is 11.7 Å². The molecule has 19 heavy (non-hydrogen) atoms. The molecule has 2 aromatic carbocycles. The molecule has 0 fully saturated rings. The predicted molar refractivity (Wildman–Crippen MR) is 72.5 cm³/mol. The quantitative estimate of drug-likeness (QED) is 0.340. The van der Waals surface area contributed by atoms with Crippen molar-refractivity contribution in [2.24, 2.45) is 11.7 Å². The first-order chi connectivity index (χ1) is 8.83. The van der Waals surface area contributed by atoms with Crippen LogP contribution >= 0.6 is 0 Å². The minimum absolute atomic E-state index is 0.0798. The lowest BCUT2D eigenvalue weighted by atomic mass is 10.2. The first-order valence-corrected chi connectivity index (χ1v) is 6.86. The highest BCUT2D eigenvalue weighted by Crippen LogP contribution is 2.31. The highest BCUT2D eigenvalue weighted by Gasteiger charge is 2.32. The highest BCUT2D eigenvalue weighted by atomic mass is 32.2. The Hall–Kier alpha value is -1.77. The molecule has 0 saturated carbocycles. The lowest BCUT2D eigenvalue weighted by molar-refractivity contribution is 0.405. The zero-order valence-electron chi connectivity index (χ0n) is 9.97. The molecule has 0 spiro atoms. The van der Waals surface area contributed by atoms with Gasteiger partial charge in [0.05, 0.1) is 0 Å². The second-order valence-electron chi connectivity index (χ2n) is 4.06. The number of nitrogens with zero attached hydrogens (tertiary/aromatic N) is 1. The summed E-state index contributed by atoms with van der Waals surface area (Å²) >= 11 is 0. The van der Waals surface area contributed by atoms with Crippen molar-refractivity contribution in [3.05, 3.63) is 54.6 Å². The van der Waals surface area contributed by atoms with Crippen molar-refractivity contribution in [3.8, 4) is 0 Å². The summed E-state index contributed by atoms with van der Waals surface area (Å²) in [6.45, 7) is 0. The second-order valence-corrected chi connectivity index (χ2v) is 5.45. The molecule has 0 heterocycles. The second kappa shape index (κ2) is 4.72. The van der Waals surface area contributed by atoms with Crippen molar-refractivity contribution in [2.45, 2.75) is 4.90 Å². The van der Waals surface area contributed by atoms with Crippen LogP contribution in [-0.4, -0.2) is 13.0 Å². The summed E-state index contributed by atoms with van der Waals surface area (Å²) in [6.07, 6.45) is 0. The number of benzene rings is 2. The Kier molecular flexibility index (Phi) is 3.40. The van der Waals surface area contributed by atoms with Crippen LogP contribution in [0.15, 0.2) is 59.5 Å². The van der Waals surface area contributed by atoms with E-state index in [9.17, 15) is 13.0 Å². The lowest BCUT2D eigenvalue weighted by Crippen LogP contribution is -2.58. The van der Waals surface area contributed by atoms with Crippen LogP contribution in [0.5, 0.6) is 0 Å². The molecule has 0 aliphatic heterocycles. The van der Waals surface area contributed by atoms with Gasteiger partial charge in [-0.1, -0.05) is 30.3 Å². The van der Waals surface area contributed by atoms with Crippen LogP contribution in [0.2, 0.25) is 0 Å². The summed E-state index contributed by atoms with van der Waals surface area (Å²) in [5.74, 6) is 12.0. The van der Waals surface area contributed by atoms with Gasteiger partial charge in [0.1, 0.15) is 0 Å². The molecular weight excluding hydrogens is 266 g/mol. The standard InChI is InChI=1S/C12H13N3O3S/c13-15(14,10-6-2-1-3-7-10)11-8-4-5-9-12(11)19(16,17)18/h1-9H,13-14H2/p+1. The first-order valence-electron chi connectivity index (χ1n) is 5.42. The molecule has 0 radical (unpaired) electrons. The third-order valence-corrected chi connectivity index (χ3v) is 3.63. The fourth-order valence-corrected chi connectivity index (χ4v) is 2.53. The SMILES string of the molecule is N[N+](N)(c1ccccc1)c1ccccc1S(=O)(=O)O. The predicted octanol–water partition coefficient (Wildman–Crippen LogP) is 1.32. The van der Waals surface area contributed by atoms with E-state index in [1.54, 1.807) is 36.4 Å². The monoisotopic (exact) mass is 280 g/mol. The van der Waals surface area contributed by atoms with Gasteiger partial charge in [0.2, 0.25) is 0 Å². The first kappa shape index (κ1) is 13.7. The van der Waals surface area contributed by atoms with Gasteiger partial charge in [-0.15, -0.1) is 4.70 Å². The van der Waals surface area contributed by atoms with E-state index in [0.717, 1.165) is 0 Å². The topological polar surface area (TPSA) is 106 Å². The van der Waals surface area contributed by atoms with Crippen LogP contribution < -0.4 is 16.4 Å². The number of nitrogens with two attached hydrogens (primary N) is 2. The van der Waals surface area contributed by atoms with Crippen LogP contribution in [0, 0.1) is 0 Å². The summed E-state index contributed by atoms with van der Waals surface area (Å²) < 4.78 is 31.2. The smallest absolute Gasteiger partial charge is 0.282 e. The molecule has 0 aliphatic carbocycles. The zero-order chi connectivity index (χ0) is 14.1. The van der Waals surface area contributed by atoms with Gasteiger partial charge >= 0.3 is 10.1 Å². The van der Waals surface area contributed by atoms with Gasteiger partial charge in [0.15, 0.2) is 16.3 Å². The van der Waals surface area contributed by atoms with Crippen LogP contribution in [0.4, 0.5) is 11.4 Å². The number of para-hydroxylation sites is 2.